The maximum absolute atomic E-state index is 14.5. The van der Waals surface area contributed by atoms with Gasteiger partial charge in [0.25, 0.3) is 5.56 Å². The van der Waals surface area contributed by atoms with Crippen molar-refractivity contribution in [2.24, 2.45) is 0 Å². The monoisotopic (exact) mass is 427 g/mol. The van der Waals surface area contributed by atoms with Gasteiger partial charge in [-0.3, -0.25) is 14.2 Å². The molecule has 1 N–H and O–H groups in total. The molecule has 8 heteroatoms. The van der Waals surface area contributed by atoms with Gasteiger partial charge in [-0.05, 0) is 44.0 Å². The van der Waals surface area contributed by atoms with Gasteiger partial charge in [-0.1, -0.05) is 36.0 Å². The van der Waals surface area contributed by atoms with Crippen molar-refractivity contribution in [1.29, 1.82) is 0 Å². The summed E-state index contributed by atoms with van der Waals surface area (Å²) in [6, 6.07) is 13.0. The number of para-hydroxylation sites is 2. The first-order chi connectivity index (χ1) is 14.5. The number of halogens is 1. The fourth-order valence-corrected chi connectivity index (χ4v) is 4.36. The molecule has 1 aliphatic heterocycles. The predicted octanol–water partition coefficient (Wildman–Crippen LogP) is 3.30. The maximum Gasteiger partial charge on any atom is 0.266 e. The molecule has 0 unspecified atom stereocenters. The minimum atomic E-state index is -0.533. The van der Waals surface area contributed by atoms with Crippen LogP contribution in [0.15, 0.2) is 58.5 Å². The van der Waals surface area contributed by atoms with Crippen LogP contribution in [0.25, 0.3) is 16.6 Å². The Hall–Kier alpha value is -2.71. The zero-order valence-electron chi connectivity index (χ0n) is 16.5. The van der Waals surface area contributed by atoms with E-state index < -0.39 is 11.1 Å². The van der Waals surface area contributed by atoms with E-state index in [-0.39, 0.29) is 28.4 Å². The van der Waals surface area contributed by atoms with E-state index in [0.717, 1.165) is 31.2 Å². The lowest BCUT2D eigenvalue weighted by Crippen LogP contribution is -2.37. The Morgan fingerprint density at radius 1 is 1.30 bits per heavy atom. The highest BCUT2D eigenvalue weighted by molar-refractivity contribution is 8.00. The molecule has 0 saturated carbocycles. The molecule has 0 radical (unpaired) electrons. The number of fused-ring (bicyclic) bond motifs is 1. The highest BCUT2D eigenvalue weighted by Gasteiger charge is 2.23. The van der Waals surface area contributed by atoms with Gasteiger partial charge in [0.05, 0.1) is 27.9 Å². The maximum atomic E-state index is 14.5. The average molecular weight is 428 g/mol. The summed E-state index contributed by atoms with van der Waals surface area (Å²) >= 11 is 1.13. The summed E-state index contributed by atoms with van der Waals surface area (Å²) in [6.45, 7) is 2.91. The van der Waals surface area contributed by atoms with Crippen LogP contribution in [0, 0.1) is 5.82 Å². The third kappa shape index (κ3) is 4.24. The number of nitrogens with one attached hydrogen (secondary N) is 1. The minimum absolute atomic E-state index is 0.0431. The Morgan fingerprint density at radius 3 is 2.83 bits per heavy atom. The van der Waals surface area contributed by atoms with Crippen LogP contribution < -0.4 is 10.9 Å². The summed E-state index contributed by atoms with van der Waals surface area (Å²) in [6.07, 6.45) is 1.98. The fraction of sp³-hybridized carbons (Fsp3) is 0.318. The minimum Gasteiger partial charge on any atom is -0.376 e. The number of rotatable bonds is 6. The number of carbonyl (C=O) groups is 1. The Balaban J connectivity index is 1.67. The topological polar surface area (TPSA) is 73.2 Å². The first-order valence-electron chi connectivity index (χ1n) is 9.87. The molecule has 4 rings (SSSR count). The number of ether oxygens (including phenoxy) is 1. The van der Waals surface area contributed by atoms with E-state index in [0.29, 0.717) is 17.4 Å². The highest BCUT2D eigenvalue weighted by Crippen LogP contribution is 2.26. The van der Waals surface area contributed by atoms with Crippen LogP contribution in [0.5, 0.6) is 0 Å². The van der Waals surface area contributed by atoms with Gasteiger partial charge in [-0.25, -0.2) is 9.37 Å². The van der Waals surface area contributed by atoms with Crippen LogP contribution in [0.4, 0.5) is 4.39 Å². The summed E-state index contributed by atoms with van der Waals surface area (Å²) in [4.78, 5) is 30.3. The number of hydrogen-bond donors (Lipinski definition) is 1. The number of thioether (sulfide) groups is 1. The SMILES string of the molecule is C[C@H](Sc1nc2ccccc2c(=O)n1-c1ccccc1F)C(=O)NC[C@@H]1CCCO1. The molecule has 1 fully saturated rings. The third-order valence-electron chi connectivity index (χ3n) is 5.02. The van der Waals surface area contributed by atoms with Gasteiger partial charge in [0.15, 0.2) is 5.16 Å². The molecule has 1 saturated heterocycles. The molecule has 156 valence electrons. The summed E-state index contributed by atoms with van der Waals surface area (Å²) in [5, 5.41) is 3.02. The normalized spacial score (nSPS) is 17.2. The van der Waals surface area contributed by atoms with E-state index in [4.69, 9.17) is 4.74 Å². The number of aromatic nitrogens is 2. The van der Waals surface area contributed by atoms with Crippen molar-refractivity contribution >= 4 is 28.6 Å². The molecular formula is C22H22FN3O3S. The second-order valence-corrected chi connectivity index (χ2v) is 8.45. The molecule has 0 aliphatic carbocycles. The molecule has 3 aromatic rings. The molecule has 1 amide bonds. The number of amides is 1. The van der Waals surface area contributed by atoms with Crippen molar-refractivity contribution in [3.63, 3.8) is 0 Å². The Morgan fingerprint density at radius 2 is 2.07 bits per heavy atom. The number of benzene rings is 2. The molecular weight excluding hydrogens is 405 g/mol. The van der Waals surface area contributed by atoms with Gasteiger partial charge in [0, 0.05) is 13.2 Å². The molecule has 2 aromatic carbocycles. The first-order valence-corrected chi connectivity index (χ1v) is 10.7. The van der Waals surface area contributed by atoms with Crippen molar-refractivity contribution < 1.29 is 13.9 Å². The molecule has 1 aromatic heterocycles. The molecule has 2 heterocycles. The summed E-state index contributed by atoms with van der Waals surface area (Å²) in [7, 11) is 0. The van der Waals surface area contributed by atoms with Gasteiger partial charge in [0.2, 0.25) is 5.91 Å². The van der Waals surface area contributed by atoms with Gasteiger partial charge in [0.1, 0.15) is 5.82 Å². The predicted molar refractivity (Wildman–Crippen MR) is 115 cm³/mol. The van der Waals surface area contributed by atoms with E-state index in [1.807, 2.05) is 0 Å². The lowest BCUT2D eigenvalue weighted by molar-refractivity contribution is -0.120. The van der Waals surface area contributed by atoms with Crippen molar-refractivity contribution in [2.45, 2.75) is 36.3 Å². The fourth-order valence-electron chi connectivity index (χ4n) is 3.41. The number of hydrogen-bond acceptors (Lipinski definition) is 5. The van der Waals surface area contributed by atoms with Crippen LogP contribution >= 0.6 is 11.8 Å². The van der Waals surface area contributed by atoms with Gasteiger partial charge >= 0.3 is 0 Å². The highest BCUT2D eigenvalue weighted by atomic mass is 32.2. The molecule has 1 aliphatic rings. The Labute approximate surface area is 177 Å². The van der Waals surface area contributed by atoms with Gasteiger partial charge < -0.3 is 10.1 Å². The average Bonchev–Trinajstić information content (AvgIpc) is 3.27. The zero-order chi connectivity index (χ0) is 21.1. The second-order valence-electron chi connectivity index (χ2n) is 7.14. The van der Waals surface area contributed by atoms with Crippen molar-refractivity contribution in [2.75, 3.05) is 13.2 Å². The molecule has 0 spiro atoms. The van der Waals surface area contributed by atoms with Crippen LogP contribution in [0.2, 0.25) is 0 Å². The number of nitrogens with zero attached hydrogens (tertiary/aromatic N) is 2. The quantitative estimate of drug-likeness (QED) is 0.483. The largest absolute Gasteiger partial charge is 0.376 e. The lowest BCUT2D eigenvalue weighted by atomic mass is 10.2. The molecule has 6 nitrogen and oxygen atoms in total. The second kappa shape index (κ2) is 8.97. The van der Waals surface area contributed by atoms with E-state index in [2.05, 4.69) is 10.3 Å². The van der Waals surface area contributed by atoms with Gasteiger partial charge in [-0.15, -0.1) is 0 Å². The summed E-state index contributed by atoms with van der Waals surface area (Å²) < 4.78 is 21.3. The van der Waals surface area contributed by atoms with E-state index in [1.54, 1.807) is 43.3 Å². The third-order valence-corrected chi connectivity index (χ3v) is 6.07. The Kier molecular flexibility index (Phi) is 6.15. The van der Waals surface area contributed by atoms with Crippen LogP contribution in [0.3, 0.4) is 0 Å². The van der Waals surface area contributed by atoms with Crippen LogP contribution in [-0.4, -0.2) is 40.0 Å². The Bertz CT molecular complexity index is 1130. The standard InChI is InChI=1S/C22H22FN3O3S/c1-14(20(27)24-13-15-7-6-12-29-15)30-22-25-18-10-4-2-8-16(18)21(28)26(22)19-11-5-3-9-17(19)23/h2-5,8-11,14-15H,6-7,12-13H2,1H3,(H,24,27)/t14-,15-/m0/s1. The van der Waals surface area contributed by atoms with E-state index >= 15 is 0 Å². The lowest BCUT2D eigenvalue weighted by Gasteiger charge is -2.17. The molecule has 2 atom stereocenters. The summed E-state index contributed by atoms with van der Waals surface area (Å²) in [5.74, 6) is -0.716. The smallest absolute Gasteiger partial charge is 0.266 e. The zero-order valence-corrected chi connectivity index (χ0v) is 17.3. The van der Waals surface area contributed by atoms with E-state index in [9.17, 15) is 14.0 Å². The molecule has 0 bridgehead atoms. The number of carbonyl (C=O) groups excluding carboxylic acids is 1. The first kappa shape index (κ1) is 20.6. The van der Waals surface area contributed by atoms with Crippen molar-refractivity contribution in [3.05, 3.63) is 64.7 Å². The summed E-state index contributed by atoms with van der Waals surface area (Å²) in [5.41, 5.74) is 0.236. The van der Waals surface area contributed by atoms with Crippen LogP contribution in [0.1, 0.15) is 19.8 Å². The van der Waals surface area contributed by atoms with Gasteiger partial charge in [-0.2, -0.15) is 0 Å². The van der Waals surface area contributed by atoms with Crippen molar-refractivity contribution in [3.8, 4) is 5.69 Å². The van der Waals surface area contributed by atoms with Crippen molar-refractivity contribution in [1.82, 2.24) is 14.9 Å². The van der Waals surface area contributed by atoms with Crippen LogP contribution in [-0.2, 0) is 9.53 Å². The molecule has 30 heavy (non-hydrogen) atoms. The van der Waals surface area contributed by atoms with E-state index in [1.165, 1.54) is 16.7 Å².